The number of nitro groups is 1. The fourth-order valence-corrected chi connectivity index (χ4v) is 3.30. The second-order valence-corrected chi connectivity index (χ2v) is 7.00. The van der Waals surface area contributed by atoms with Gasteiger partial charge in [0.25, 0.3) is 5.69 Å². The van der Waals surface area contributed by atoms with E-state index in [0.29, 0.717) is 17.0 Å². The van der Waals surface area contributed by atoms with Crippen LogP contribution in [0.25, 0.3) is 11.4 Å². The molecule has 0 unspecified atom stereocenters. The lowest BCUT2D eigenvalue weighted by atomic mass is 10.1. The summed E-state index contributed by atoms with van der Waals surface area (Å²) in [6.07, 6.45) is -4.87. The molecule has 0 fully saturated rings. The average molecular weight is 437 g/mol. The summed E-state index contributed by atoms with van der Waals surface area (Å²) in [5.74, 6) is -0.369. The number of rotatable bonds is 6. The zero-order valence-corrected chi connectivity index (χ0v) is 16.2. The molecule has 3 rings (SSSR count). The van der Waals surface area contributed by atoms with E-state index in [0.717, 1.165) is 29.5 Å². The number of nitrogens with one attached hydrogen (secondary N) is 1. The van der Waals surface area contributed by atoms with Crippen LogP contribution in [0.4, 0.5) is 24.5 Å². The number of hydrogen-bond acceptors (Lipinski definition) is 6. The van der Waals surface area contributed by atoms with Gasteiger partial charge < -0.3 is 9.88 Å². The topological polar surface area (TPSA) is 103 Å². The first-order valence-electron chi connectivity index (χ1n) is 8.40. The first kappa shape index (κ1) is 21.3. The smallest absolute Gasteiger partial charge is 0.325 e. The van der Waals surface area contributed by atoms with Gasteiger partial charge in [-0.25, -0.2) is 0 Å². The number of amides is 1. The van der Waals surface area contributed by atoms with Gasteiger partial charge >= 0.3 is 6.18 Å². The van der Waals surface area contributed by atoms with Gasteiger partial charge in [0.1, 0.15) is 0 Å². The zero-order valence-electron chi connectivity index (χ0n) is 15.4. The maximum Gasteiger partial charge on any atom is 0.418 e. The molecule has 0 spiro atoms. The van der Waals surface area contributed by atoms with Crippen molar-refractivity contribution >= 4 is 29.0 Å². The Morgan fingerprint density at radius 3 is 2.53 bits per heavy atom. The summed E-state index contributed by atoms with van der Waals surface area (Å²) < 4.78 is 41.3. The zero-order chi connectivity index (χ0) is 21.9. The minimum Gasteiger partial charge on any atom is -0.325 e. The number of benzene rings is 2. The number of halogens is 3. The normalized spacial score (nSPS) is 11.3. The third kappa shape index (κ3) is 4.76. The highest BCUT2D eigenvalue weighted by Gasteiger charge is 2.35. The van der Waals surface area contributed by atoms with Crippen LogP contribution in [-0.2, 0) is 18.0 Å². The van der Waals surface area contributed by atoms with Crippen molar-refractivity contribution in [3.05, 3.63) is 64.2 Å². The molecule has 0 radical (unpaired) electrons. The van der Waals surface area contributed by atoms with Gasteiger partial charge in [-0.1, -0.05) is 42.1 Å². The van der Waals surface area contributed by atoms with Crippen LogP contribution in [0.2, 0.25) is 0 Å². The lowest BCUT2D eigenvalue weighted by Gasteiger charge is -2.13. The number of nitro benzene ring substituents is 1. The Morgan fingerprint density at radius 1 is 1.20 bits per heavy atom. The molecule has 8 nitrogen and oxygen atoms in total. The van der Waals surface area contributed by atoms with Gasteiger partial charge in [0.05, 0.1) is 21.9 Å². The molecule has 0 atom stereocenters. The second kappa shape index (κ2) is 8.53. The van der Waals surface area contributed by atoms with Crippen LogP contribution in [0.15, 0.2) is 53.7 Å². The molecule has 156 valence electrons. The Labute approximate surface area is 172 Å². The molecular weight excluding hydrogens is 423 g/mol. The number of anilines is 1. The van der Waals surface area contributed by atoms with E-state index in [2.05, 4.69) is 15.5 Å². The molecule has 0 saturated carbocycles. The highest BCUT2D eigenvalue weighted by atomic mass is 32.2. The number of aromatic nitrogens is 3. The Kier molecular flexibility index (Phi) is 6.06. The highest BCUT2D eigenvalue weighted by molar-refractivity contribution is 7.99. The first-order valence-corrected chi connectivity index (χ1v) is 9.38. The van der Waals surface area contributed by atoms with Crippen molar-refractivity contribution in [3.8, 4) is 11.4 Å². The van der Waals surface area contributed by atoms with E-state index in [-0.39, 0.29) is 5.75 Å². The van der Waals surface area contributed by atoms with Crippen molar-refractivity contribution in [1.29, 1.82) is 0 Å². The Balaban J connectivity index is 1.71. The van der Waals surface area contributed by atoms with Crippen molar-refractivity contribution in [1.82, 2.24) is 14.8 Å². The van der Waals surface area contributed by atoms with E-state index in [1.54, 1.807) is 11.6 Å². The molecule has 2 aromatic carbocycles. The highest BCUT2D eigenvalue weighted by Crippen LogP contribution is 2.37. The number of nitrogens with zero attached hydrogens (tertiary/aromatic N) is 4. The van der Waals surface area contributed by atoms with Crippen LogP contribution >= 0.6 is 11.8 Å². The van der Waals surface area contributed by atoms with Crippen molar-refractivity contribution in [2.24, 2.45) is 7.05 Å². The molecule has 0 aliphatic heterocycles. The Morgan fingerprint density at radius 2 is 1.90 bits per heavy atom. The average Bonchev–Trinajstić information content (AvgIpc) is 3.07. The van der Waals surface area contributed by atoms with Gasteiger partial charge in [-0.05, 0) is 6.07 Å². The maximum atomic E-state index is 13.2. The lowest BCUT2D eigenvalue weighted by Crippen LogP contribution is -2.18. The summed E-state index contributed by atoms with van der Waals surface area (Å²) >= 11 is 0.999. The Bertz CT molecular complexity index is 1090. The number of hydrogen-bond donors (Lipinski definition) is 1. The van der Waals surface area contributed by atoms with Crippen LogP contribution in [0, 0.1) is 10.1 Å². The number of non-ortho nitro benzene ring substituents is 1. The van der Waals surface area contributed by atoms with Crippen LogP contribution < -0.4 is 5.32 Å². The number of alkyl halides is 3. The van der Waals surface area contributed by atoms with Crippen LogP contribution in [0.3, 0.4) is 0 Å². The number of thioether (sulfide) groups is 1. The largest absolute Gasteiger partial charge is 0.418 e. The molecule has 30 heavy (non-hydrogen) atoms. The van der Waals surface area contributed by atoms with Gasteiger partial charge in [0.15, 0.2) is 11.0 Å². The van der Waals surface area contributed by atoms with Gasteiger partial charge in [-0.3, -0.25) is 14.9 Å². The first-order chi connectivity index (χ1) is 14.2. The maximum absolute atomic E-state index is 13.2. The minimum absolute atomic E-state index is 0.227. The predicted octanol–water partition coefficient (Wildman–Crippen LogP) is 4.14. The van der Waals surface area contributed by atoms with Gasteiger partial charge in [0, 0.05) is 24.7 Å². The molecule has 12 heteroatoms. The summed E-state index contributed by atoms with van der Waals surface area (Å²) in [7, 11) is 1.71. The summed E-state index contributed by atoms with van der Waals surface area (Å²) in [5.41, 5.74) is -1.74. The van der Waals surface area contributed by atoms with Crippen molar-refractivity contribution in [2.45, 2.75) is 11.3 Å². The molecule has 0 saturated heterocycles. The predicted molar refractivity (Wildman–Crippen MR) is 104 cm³/mol. The molecule has 0 bridgehead atoms. The quantitative estimate of drug-likeness (QED) is 0.353. The van der Waals surface area contributed by atoms with E-state index in [1.165, 1.54) is 0 Å². The molecule has 1 amide bonds. The van der Waals surface area contributed by atoms with Gasteiger partial charge in [-0.2, -0.15) is 13.2 Å². The monoisotopic (exact) mass is 437 g/mol. The fraction of sp³-hybridized carbons (Fsp3) is 0.167. The second-order valence-electron chi connectivity index (χ2n) is 6.05. The van der Waals surface area contributed by atoms with Crippen LogP contribution in [0.1, 0.15) is 5.56 Å². The summed E-state index contributed by atoms with van der Waals surface area (Å²) in [4.78, 5) is 22.0. The van der Waals surface area contributed by atoms with E-state index < -0.39 is 33.9 Å². The lowest BCUT2D eigenvalue weighted by molar-refractivity contribution is -0.385. The molecule has 3 aromatic rings. The standard InChI is InChI=1S/C18H14F3N5O3S/c1-25-16(11-5-3-2-4-6-11)23-24-17(25)30-10-15(27)22-14-8-7-12(26(28)29)9-13(14)18(19,20)21/h2-9H,10H2,1H3,(H,22,27). The van der Waals surface area contributed by atoms with E-state index >= 15 is 0 Å². The van der Waals surface area contributed by atoms with E-state index in [9.17, 15) is 28.1 Å². The molecule has 0 aliphatic carbocycles. The molecule has 1 N–H and O–H groups in total. The fourth-order valence-electron chi connectivity index (χ4n) is 2.58. The van der Waals surface area contributed by atoms with Crippen molar-refractivity contribution in [3.63, 3.8) is 0 Å². The number of carbonyl (C=O) groups is 1. The molecule has 0 aliphatic rings. The van der Waals surface area contributed by atoms with Crippen LogP contribution in [0.5, 0.6) is 0 Å². The SMILES string of the molecule is Cn1c(SCC(=O)Nc2ccc([N+](=O)[O-])cc2C(F)(F)F)nnc1-c1ccccc1. The minimum atomic E-state index is -4.87. The summed E-state index contributed by atoms with van der Waals surface area (Å²) in [5, 5.41) is 21.4. The Hall–Kier alpha value is -3.41. The van der Waals surface area contributed by atoms with Gasteiger partial charge in [0.2, 0.25) is 5.91 Å². The van der Waals surface area contributed by atoms with E-state index in [4.69, 9.17) is 0 Å². The van der Waals surface area contributed by atoms with E-state index in [1.807, 2.05) is 30.3 Å². The van der Waals surface area contributed by atoms with Gasteiger partial charge in [-0.15, -0.1) is 10.2 Å². The van der Waals surface area contributed by atoms with Crippen molar-refractivity contribution in [2.75, 3.05) is 11.1 Å². The molecule has 1 heterocycles. The van der Waals surface area contributed by atoms with Crippen LogP contribution in [-0.4, -0.2) is 31.3 Å². The third-order valence-corrected chi connectivity index (χ3v) is 5.01. The van der Waals surface area contributed by atoms with Crippen molar-refractivity contribution < 1.29 is 22.9 Å². The third-order valence-electron chi connectivity index (χ3n) is 3.99. The summed E-state index contributed by atoms with van der Waals surface area (Å²) in [6, 6.07) is 11.4. The molecular formula is C18H14F3N5O3S. The summed E-state index contributed by atoms with van der Waals surface area (Å²) in [6.45, 7) is 0. The number of carbonyl (C=O) groups excluding carboxylic acids is 1. The molecule has 1 aromatic heterocycles.